The monoisotopic (exact) mass is 251 g/mol. The highest BCUT2D eigenvalue weighted by Gasteiger charge is 2.16. The topological polar surface area (TPSA) is 70.2 Å². The molecule has 0 radical (unpaired) electrons. The molecule has 1 aromatic heterocycles. The van der Waals surface area contributed by atoms with Crippen LogP contribution in [0.15, 0.2) is 6.33 Å². The third kappa shape index (κ3) is 3.09. The van der Waals surface area contributed by atoms with Crippen molar-refractivity contribution in [3.8, 4) is 0 Å². The van der Waals surface area contributed by atoms with E-state index in [0.29, 0.717) is 6.54 Å². The van der Waals surface area contributed by atoms with Crippen LogP contribution in [0.5, 0.6) is 0 Å². The van der Waals surface area contributed by atoms with Gasteiger partial charge in [-0.05, 0) is 6.92 Å². The number of hydrogen-bond acceptors (Lipinski definition) is 5. The van der Waals surface area contributed by atoms with Crippen LogP contribution in [-0.2, 0) is 4.79 Å². The molecule has 0 aliphatic rings. The molecule has 18 heavy (non-hydrogen) atoms. The molecule has 1 amide bonds. The third-order valence-corrected chi connectivity index (χ3v) is 2.90. The van der Waals surface area contributed by atoms with Gasteiger partial charge in [0, 0.05) is 33.3 Å². The van der Waals surface area contributed by atoms with Gasteiger partial charge in [-0.2, -0.15) is 0 Å². The Morgan fingerprint density at radius 3 is 2.67 bits per heavy atom. The van der Waals surface area contributed by atoms with E-state index in [4.69, 9.17) is 0 Å². The first-order chi connectivity index (χ1) is 8.51. The lowest BCUT2D eigenvalue weighted by Crippen LogP contribution is -2.35. The average molecular weight is 251 g/mol. The molecule has 0 fully saturated rings. The van der Waals surface area contributed by atoms with E-state index in [1.54, 1.807) is 7.05 Å². The Balaban J connectivity index is 2.84. The number of hydrogen-bond donors (Lipinski definition) is 2. The van der Waals surface area contributed by atoms with E-state index in [0.717, 1.165) is 17.2 Å². The van der Waals surface area contributed by atoms with Crippen molar-refractivity contribution in [1.29, 1.82) is 0 Å². The lowest BCUT2D eigenvalue weighted by Gasteiger charge is -2.23. The Morgan fingerprint density at radius 1 is 1.44 bits per heavy atom. The number of amides is 1. The molecular formula is C12H21N5O. The molecule has 1 heterocycles. The van der Waals surface area contributed by atoms with Gasteiger partial charge in [0.1, 0.15) is 18.0 Å². The number of carbonyl (C=O) groups excluding carboxylic acids is 1. The zero-order chi connectivity index (χ0) is 13.7. The van der Waals surface area contributed by atoms with Gasteiger partial charge < -0.3 is 15.5 Å². The molecule has 1 rings (SSSR count). The summed E-state index contributed by atoms with van der Waals surface area (Å²) >= 11 is 0. The van der Waals surface area contributed by atoms with Crippen molar-refractivity contribution < 1.29 is 4.79 Å². The van der Waals surface area contributed by atoms with Gasteiger partial charge in [-0.3, -0.25) is 4.79 Å². The summed E-state index contributed by atoms with van der Waals surface area (Å²) in [4.78, 5) is 21.9. The zero-order valence-corrected chi connectivity index (χ0v) is 11.6. The zero-order valence-electron chi connectivity index (χ0n) is 11.6. The number of carbonyl (C=O) groups is 1. The van der Waals surface area contributed by atoms with Gasteiger partial charge >= 0.3 is 0 Å². The highest BCUT2D eigenvalue weighted by Crippen LogP contribution is 2.21. The van der Waals surface area contributed by atoms with E-state index < -0.39 is 0 Å². The Morgan fingerprint density at radius 2 is 2.11 bits per heavy atom. The fraction of sp³-hybridized carbons (Fsp3) is 0.583. The molecule has 1 atom stereocenters. The molecule has 100 valence electrons. The molecule has 0 saturated heterocycles. The average Bonchev–Trinajstić information content (AvgIpc) is 2.37. The van der Waals surface area contributed by atoms with E-state index in [2.05, 4.69) is 20.6 Å². The summed E-state index contributed by atoms with van der Waals surface area (Å²) in [5.41, 5.74) is 0.978. The van der Waals surface area contributed by atoms with E-state index >= 15 is 0 Å². The summed E-state index contributed by atoms with van der Waals surface area (Å²) < 4.78 is 0. The number of aromatic nitrogens is 2. The fourth-order valence-corrected chi connectivity index (χ4v) is 1.90. The number of rotatable bonds is 5. The van der Waals surface area contributed by atoms with E-state index in [-0.39, 0.29) is 11.8 Å². The van der Waals surface area contributed by atoms with Gasteiger partial charge in [0.25, 0.3) is 0 Å². The van der Waals surface area contributed by atoms with Crippen molar-refractivity contribution in [2.24, 2.45) is 5.92 Å². The standard InChI is InChI=1S/C12H21N5O/c1-8(12(18)14-4)6-17(5)11-9(2)10(13-3)15-7-16-11/h7-8H,6H2,1-5H3,(H,14,18)(H,13,15,16). The largest absolute Gasteiger partial charge is 0.373 e. The molecule has 2 N–H and O–H groups in total. The van der Waals surface area contributed by atoms with Crippen molar-refractivity contribution in [2.45, 2.75) is 13.8 Å². The molecule has 0 spiro atoms. The van der Waals surface area contributed by atoms with Crippen molar-refractivity contribution in [3.63, 3.8) is 0 Å². The van der Waals surface area contributed by atoms with Crippen LogP contribution in [0.4, 0.5) is 11.6 Å². The van der Waals surface area contributed by atoms with E-state index in [9.17, 15) is 4.79 Å². The fourth-order valence-electron chi connectivity index (χ4n) is 1.90. The van der Waals surface area contributed by atoms with Gasteiger partial charge in [-0.15, -0.1) is 0 Å². The van der Waals surface area contributed by atoms with Crippen LogP contribution in [-0.4, -0.2) is 43.6 Å². The summed E-state index contributed by atoms with van der Waals surface area (Å²) in [5.74, 6) is 1.58. The van der Waals surface area contributed by atoms with Gasteiger partial charge in [0.2, 0.25) is 5.91 Å². The van der Waals surface area contributed by atoms with Crippen molar-refractivity contribution in [3.05, 3.63) is 11.9 Å². The molecule has 6 nitrogen and oxygen atoms in total. The highest BCUT2D eigenvalue weighted by molar-refractivity contribution is 5.78. The summed E-state index contributed by atoms with van der Waals surface area (Å²) in [6.45, 7) is 4.47. The van der Waals surface area contributed by atoms with Crippen LogP contribution in [0.3, 0.4) is 0 Å². The molecule has 6 heteroatoms. The summed E-state index contributed by atoms with van der Waals surface area (Å²) in [6, 6.07) is 0. The molecule has 0 aliphatic carbocycles. The maximum absolute atomic E-state index is 11.5. The first kappa shape index (κ1) is 14.2. The smallest absolute Gasteiger partial charge is 0.224 e. The van der Waals surface area contributed by atoms with E-state index in [1.165, 1.54) is 6.33 Å². The van der Waals surface area contributed by atoms with Gasteiger partial charge in [-0.1, -0.05) is 6.92 Å². The number of nitrogens with one attached hydrogen (secondary N) is 2. The van der Waals surface area contributed by atoms with Crippen LogP contribution in [0.2, 0.25) is 0 Å². The Bertz CT molecular complexity index is 421. The minimum atomic E-state index is -0.0904. The van der Waals surface area contributed by atoms with Crippen LogP contribution < -0.4 is 15.5 Å². The maximum atomic E-state index is 11.5. The molecule has 1 unspecified atom stereocenters. The minimum absolute atomic E-state index is 0.0300. The third-order valence-electron chi connectivity index (χ3n) is 2.90. The van der Waals surface area contributed by atoms with Gasteiger partial charge in [0.05, 0.1) is 5.92 Å². The number of nitrogens with zero attached hydrogens (tertiary/aromatic N) is 3. The SMILES string of the molecule is CNC(=O)C(C)CN(C)c1ncnc(NC)c1C. The van der Waals surface area contributed by atoms with Crippen molar-refractivity contribution >= 4 is 17.5 Å². The summed E-state index contributed by atoms with van der Waals surface area (Å²) in [7, 11) is 5.40. The quantitative estimate of drug-likeness (QED) is 0.804. The normalized spacial score (nSPS) is 11.8. The molecule has 0 bridgehead atoms. The van der Waals surface area contributed by atoms with Crippen LogP contribution in [0.25, 0.3) is 0 Å². The summed E-state index contributed by atoms with van der Waals surface area (Å²) in [6.07, 6.45) is 1.52. The second kappa shape index (κ2) is 6.18. The van der Waals surface area contributed by atoms with Gasteiger partial charge in [0.15, 0.2) is 0 Å². The lowest BCUT2D eigenvalue weighted by atomic mass is 10.1. The van der Waals surface area contributed by atoms with Crippen molar-refractivity contribution in [1.82, 2.24) is 15.3 Å². The maximum Gasteiger partial charge on any atom is 0.224 e. The van der Waals surface area contributed by atoms with Gasteiger partial charge in [-0.25, -0.2) is 9.97 Å². The highest BCUT2D eigenvalue weighted by atomic mass is 16.1. The lowest BCUT2D eigenvalue weighted by molar-refractivity contribution is -0.123. The Kier molecular flexibility index (Phi) is 4.88. The number of anilines is 2. The second-order valence-corrected chi connectivity index (χ2v) is 4.32. The Labute approximate surface area is 108 Å². The molecule has 0 saturated carbocycles. The van der Waals surface area contributed by atoms with E-state index in [1.807, 2.05) is 32.8 Å². The molecule has 1 aromatic rings. The Hall–Kier alpha value is -1.85. The minimum Gasteiger partial charge on any atom is -0.373 e. The van der Waals surface area contributed by atoms with Crippen LogP contribution in [0, 0.1) is 12.8 Å². The van der Waals surface area contributed by atoms with Crippen LogP contribution in [0.1, 0.15) is 12.5 Å². The molecular weight excluding hydrogens is 230 g/mol. The molecule has 0 aliphatic heterocycles. The predicted molar refractivity (Wildman–Crippen MR) is 72.8 cm³/mol. The molecule has 0 aromatic carbocycles. The first-order valence-electron chi connectivity index (χ1n) is 5.93. The predicted octanol–water partition coefficient (Wildman–Crippen LogP) is 0.645. The first-order valence-corrected chi connectivity index (χ1v) is 5.93. The summed E-state index contributed by atoms with van der Waals surface area (Å²) in [5, 5.41) is 5.67. The second-order valence-electron chi connectivity index (χ2n) is 4.32. The van der Waals surface area contributed by atoms with Crippen molar-refractivity contribution in [2.75, 3.05) is 37.9 Å². The van der Waals surface area contributed by atoms with Crippen LogP contribution >= 0.6 is 0 Å².